The first-order valence-corrected chi connectivity index (χ1v) is 28.5. The van der Waals surface area contributed by atoms with E-state index in [0.717, 1.165) is 43.5 Å². The maximum Gasteiger partial charge on any atom is 0.341 e. The van der Waals surface area contributed by atoms with E-state index in [0.29, 0.717) is 36.8 Å². The minimum Gasteiger partial charge on any atom is -0.455 e. The fourth-order valence-corrected chi connectivity index (χ4v) is 10.6. The molecule has 0 spiro atoms. The Morgan fingerprint density at radius 1 is 0.506 bits per heavy atom. The van der Waals surface area contributed by atoms with Gasteiger partial charge in [-0.1, -0.05) is 182 Å². The van der Waals surface area contributed by atoms with Gasteiger partial charge in [0.05, 0.1) is 52.9 Å². The Balaban J connectivity index is 0.000000164. The first-order chi connectivity index (χ1) is 41.4. The molecule has 2 fully saturated rings. The number of hydrogen-bond donors (Lipinski definition) is 3. The second kappa shape index (κ2) is 28.1. The molecule has 0 radical (unpaired) electrons. The van der Waals surface area contributed by atoms with Crippen LogP contribution in [0.5, 0.6) is 0 Å². The fraction of sp³-hybridized carbons (Fsp3) is 0.258. The molecule has 2 aliphatic rings. The average molecular weight is 1210 g/mol. The molecular formula is C66H67BrN8O10. The summed E-state index contributed by atoms with van der Waals surface area (Å²) >= 11 is 3.32. The van der Waals surface area contributed by atoms with E-state index < -0.39 is 47.4 Å². The van der Waals surface area contributed by atoms with Gasteiger partial charge in [0.2, 0.25) is 5.79 Å². The largest absolute Gasteiger partial charge is 0.455 e. The molecule has 12 rings (SSSR count). The van der Waals surface area contributed by atoms with Crippen molar-refractivity contribution < 1.29 is 47.8 Å². The summed E-state index contributed by atoms with van der Waals surface area (Å²) in [6, 6.07) is 66.3. The number of benzene rings is 6. The molecule has 19 heteroatoms. The van der Waals surface area contributed by atoms with Crippen LogP contribution >= 0.6 is 15.9 Å². The second-order valence-electron chi connectivity index (χ2n) is 20.7. The van der Waals surface area contributed by atoms with Crippen LogP contribution in [0.25, 0.3) is 11.0 Å². The van der Waals surface area contributed by atoms with Crippen LogP contribution in [0.15, 0.2) is 224 Å². The van der Waals surface area contributed by atoms with Gasteiger partial charge in [-0.25, -0.2) is 23.8 Å². The molecule has 5 N–H and O–H groups in total. The summed E-state index contributed by atoms with van der Waals surface area (Å²) in [4.78, 5) is 20.8. The minimum absolute atomic E-state index is 0.154. The van der Waals surface area contributed by atoms with Crippen molar-refractivity contribution in [1.29, 1.82) is 0 Å². The summed E-state index contributed by atoms with van der Waals surface area (Å²) in [5.74, 6) is -1.65. The summed E-state index contributed by atoms with van der Waals surface area (Å²) in [5.41, 5.74) is 16.8. The number of anilines is 2. The zero-order valence-electron chi connectivity index (χ0n) is 47.1. The number of hydrogen-bond acceptors (Lipinski definition) is 16. The van der Waals surface area contributed by atoms with Crippen molar-refractivity contribution >= 4 is 44.6 Å². The third kappa shape index (κ3) is 14.3. The third-order valence-corrected chi connectivity index (χ3v) is 15.4. The van der Waals surface area contributed by atoms with Gasteiger partial charge in [0, 0.05) is 0 Å². The van der Waals surface area contributed by atoms with Crippen LogP contribution in [0.1, 0.15) is 52.9 Å². The van der Waals surface area contributed by atoms with Gasteiger partial charge in [0.15, 0.2) is 28.9 Å². The highest BCUT2D eigenvalue weighted by Gasteiger charge is 2.67. The third-order valence-electron chi connectivity index (χ3n) is 14.8. The number of cyclic esters (lactones) is 1. The lowest BCUT2D eigenvalue weighted by molar-refractivity contribution is -0.294. The van der Waals surface area contributed by atoms with Crippen molar-refractivity contribution in [1.82, 2.24) is 29.2 Å². The van der Waals surface area contributed by atoms with Crippen molar-refractivity contribution in [2.75, 3.05) is 24.7 Å². The van der Waals surface area contributed by atoms with E-state index in [1.807, 2.05) is 201 Å². The van der Waals surface area contributed by atoms with Crippen molar-refractivity contribution in [3.63, 3.8) is 0 Å². The molecule has 0 bridgehead atoms. The second-order valence-corrected chi connectivity index (χ2v) is 21.5. The molecule has 85 heavy (non-hydrogen) atoms. The van der Waals surface area contributed by atoms with Crippen LogP contribution in [-0.4, -0.2) is 89.1 Å². The number of nitrogens with two attached hydrogens (primary N) is 2. The number of nitrogen functional groups attached to an aromatic ring is 2. The van der Waals surface area contributed by atoms with E-state index in [1.54, 1.807) is 23.6 Å². The number of aliphatic hydroxyl groups is 1. The van der Waals surface area contributed by atoms with Gasteiger partial charge in [-0.3, -0.25) is 0 Å². The number of ether oxygens (including phenoxy) is 8. The van der Waals surface area contributed by atoms with E-state index in [2.05, 4.69) is 36.1 Å². The van der Waals surface area contributed by atoms with Gasteiger partial charge in [0.25, 0.3) is 0 Å². The molecule has 6 heterocycles. The van der Waals surface area contributed by atoms with Crippen molar-refractivity contribution in [2.45, 2.75) is 94.9 Å². The number of carbonyl (C=O) groups excluding carboxylic acids is 1. The summed E-state index contributed by atoms with van der Waals surface area (Å²) in [7, 11) is 0. The molecular weight excluding hydrogens is 1140 g/mol. The van der Waals surface area contributed by atoms with E-state index in [-0.39, 0.29) is 38.9 Å². The number of rotatable bonds is 21. The van der Waals surface area contributed by atoms with Crippen molar-refractivity contribution in [3.05, 3.63) is 263 Å². The fourth-order valence-electron chi connectivity index (χ4n) is 10.1. The molecule has 0 saturated carbocycles. The predicted octanol–water partition coefficient (Wildman–Crippen LogP) is 10.4. The maximum atomic E-state index is 12.9. The van der Waals surface area contributed by atoms with E-state index >= 15 is 0 Å². The highest BCUT2D eigenvalue weighted by molar-refractivity contribution is 9.10. The van der Waals surface area contributed by atoms with Crippen molar-refractivity contribution in [2.24, 2.45) is 0 Å². The SMILES string of the molecule is C[C@@]1(OCc2ccccc2)[C@H](OCc2ccccc2)[C@@H](COCc2ccccc2)OC1(O)c1ccc2c(N)ncnn12.C[C@]1(OCc2ccccc2)C(=O)O[C@H](COCc2ccccc2)[C@H]1OCc1ccccc1.Nc1ncnn2c(Br)ccc12. The molecule has 18 nitrogen and oxygen atoms in total. The van der Waals surface area contributed by atoms with Crippen LogP contribution in [0, 0.1) is 0 Å². The number of fused-ring (bicyclic) bond motifs is 2. The van der Waals surface area contributed by atoms with Crippen LogP contribution in [0.2, 0.25) is 0 Å². The highest BCUT2D eigenvalue weighted by atomic mass is 79.9. The van der Waals surface area contributed by atoms with E-state index in [1.165, 1.54) is 17.2 Å². The van der Waals surface area contributed by atoms with Gasteiger partial charge in [0.1, 0.15) is 52.3 Å². The Hall–Kier alpha value is -8.21. The number of halogens is 1. The topological polar surface area (TPSA) is 224 Å². The number of aromatic nitrogens is 6. The molecule has 10 aromatic rings. The zero-order chi connectivity index (χ0) is 59.1. The summed E-state index contributed by atoms with van der Waals surface area (Å²) in [5, 5.41) is 20.9. The zero-order valence-corrected chi connectivity index (χ0v) is 48.7. The Morgan fingerprint density at radius 3 is 1.39 bits per heavy atom. The first-order valence-electron chi connectivity index (χ1n) is 27.8. The standard InChI is InChI=1S/C33H34N4O5.C27H28O5.C6H5BrN4/c1-32(41-21-26-15-9-4-10-16-26)30(40-20-25-13-7-3-8-14-25)28(22-39-19-24-11-5-2-6-12-24)42-33(32,38)29-18-17-27-31(34)35-23-36-37(27)29;1-27(31-19-23-15-9-4-10-16-23)25(30-18-22-13-7-3-8-14-22)24(32-26(27)28)20-29-17-21-11-5-2-6-12-21;7-5-2-1-4-6(8)9-3-10-11(4)5/h2-18,23,28,30,38H,19-22H2,1H3,(H2,34,35,36);2-16,24-25H,17-20H2,1H3;1-3H,(H2,8,9,10)/t28-,30-,32-,33?;24-,25-,27-;/m11./s1. The van der Waals surface area contributed by atoms with E-state index in [9.17, 15) is 9.90 Å². The van der Waals surface area contributed by atoms with E-state index in [4.69, 9.17) is 49.4 Å². The van der Waals surface area contributed by atoms with Gasteiger partial charge < -0.3 is 54.5 Å². The molecule has 0 aliphatic carbocycles. The Labute approximate surface area is 501 Å². The number of nitrogens with zero attached hydrogens (tertiary/aromatic N) is 6. The maximum absolute atomic E-state index is 12.9. The quantitative estimate of drug-likeness (QED) is 0.0569. The highest BCUT2D eigenvalue weighted by Crippen LogP contribution is 2.50. The first kappa shape index (κ1) is 59.9. The molecule has 0 amide bonds. The molecule has 2 saturated heterocycles. The monoisotopic (exact) mass is 1210 g/mol. The summed E-state index contributed by atoms with van der Waals surface area (Å²) in [6.07, 6.45) is 0.189. The van der Waals surface area contributed by atoms with Crippen LogP contribution in [-0.2, 0) is 88.1 Å². The molecule has 4 aromatic heterocycles. The van der Waals surface area contributed by atoms with Crippen LogP contribution in [0.3, 0.4) is 0 Å². The summed E-state index contributed by atoms with van der Waals surface area (Å²) < 4.78 is 53.9. The van der Waals surface area contributed by atoms with Gasteiger partial charge >= 0.3 is 5.97 Å². The molecule has 6 aromatic carbocycles. The van der Waals surface area contributed by atoms with Gasteiger partial charge in [-0.05, 0) is 87.4 Å². The van der Waals surface area contributed by atoms with Gasteiger partial charge in [-0.15, -0.1) is 0 Å². The lowest BCUT2D eigenvalue weighted by Gasteiger charge is -2.40. The average Bonchev–Trinajstić information content (AvgIpc) is 1.78. The Bertz CT molecular complexity index is 3690. The molecule has 2 aliphatic heterocycles. The van der Waals surface area contributed by atoms with Gasteiger partial charge in [-0.2, -0.15) is 10.2 Å². The minimum atomic E-state index is -1.99. The van der Waals surface area contributed by atoms with Crippen molar-refractivity contribution in [3.8, 4) is 0 Å². The molecule has 438 valence electrons. The number of carbonyl (C=O) groups is 1. The number of esters is 1. The smallest absolute Gasteiger partial charge is 0.341 e. The lowest BCUT2D eigenvalue weighted by Crippen LogP contribution is -2.55. The molecule has 1 unspecified atom stereocenters. The lowest BCUT2D eigenvalue weighted by atomic mass is 9.87. The normalized spacial score (nSPS) is 21.7. The molecule has 7 atom stereocenters. The predicted molar refractivity (Wildman–Crippen MR) is 323 cm³/mol. The Morgan fingerprint density at radius 2 is 0.906 bits per heavy atom. The van der Waals surface area contributed by atoms with Crippen LogP contribution < -0.4 is 11.5 Å². The van der Waals surface area contributed by atoms with Crippen LogP contribution in [0.4, 0.5) is 11.6 Å². The Kier molecular flexibility index (Phi) is 19.8. The summed E-state index contributed by atoms with van der Waals surface area (Å²) in [6.45, 7) is 5.88.